The number of hydrogen-bond donors (Lipinski definition) is 0. The van der Waals surface area contributed by atoms with Crippen LogP contribution in [-0.4, -0.2) is 4.98 Å². The lowest BCUT2D eigenvalue weighted by Gasteiger charge is -2.12. The summed E-state index contributed by atoms with van der Waals surface area (Å²) in [7, 11) is 0. The van der Waals surface area contributed by atoms with Crippen molar-refractivity contribution in [1.82, 2.24) is 4.98 Å². The quantitative estimate of drug-likeness (QED) is 0.510. The van der Waals surface area contributed by atoms with Crippen molar-refractivity contribution < 1.29 is 13.2 Å². The average molecular weight is 322 g/mol. The van der Waals surface area contributed by atoms with E-state index in [9.17, 15) is 13.2 Å². The number of rotatable bonds is 1. The number of aromatic nitrogens is 1. The Bertz CT molecular complexity index is 839. The fourth-order valence-corrected chi connectivity index (χ4v) is 2.82. The van der Waals surface area contributed by atoms with Gasteiger partial charge in [0.2, 0.25) is 0 Å². The van der Waals surface area contributed by atoms with Gasteiger partial charge in [-0.15, -0.1) is 0 Å². The molecule has 1 heterocycles. The number of alkyl halides is 3. The summed E-state index contributed by atoms with van der Waals surface area (Å²) in [4.78, 5) is 4.29. The van der Waals surface area contributed by atoms with Gasteiger partial charge >= 0.3 is 6.18 Å². The Morgan fingerprint density at radius 3 is 2.09 bits per heavy atom. The first-order chi connectivity index (χ1) is 10.4. The Morgan fingerprint density at radius 1 is 0.909 bits per heavy atom. The first-order valence-electron chi connectivity index (χ1n) is 6.60. The Morgan fingerprint density at radius 2 is 1.50 bits per heavy atom. The largest absolute Gasteiger partial charge is 0.416 e. The molecule has 0 amide bonds. The van der Waals surface area contributed by atoms with Crippen LogP contribution >= 0.6 is 11.6 Å². The van der Waals surface area contributed by atoms with Crippen molar-refractivity contribution in [2.75, 3.05) is 0 Å². The van der Waals surface area contributed by atoms with Crippen LogP contribution in [0.2, 0.25) is 5.15 Å². The molecule has 0 aliphatic heterocycles. The molecule has 1 aromatic heterocycles. The SMILES string of the molecule is Cc1nc(Cl)c2ccccc2c1-c1ccc(C(F)(F)F)cc1. The second-order valence-electron chi connectivity index (χ2n) is 4.98. The first-order valence-corrected chi connectivity index (χ1v) is 6.98. The van der Waals surface area contributed by atoms with Gasteiger partial charge in [-0.25, -0.2) is 4.98 Å². The van der Waals surface area contributed by atoms with Gasteiger partial charge < -0.3 is 0 Å². The van der Waals surface area contributed by atoms with Crippen LogP contribution in [-0.2, 0) is 6.18 Å². The lowest BCUT2D eigenvalue weighted by Crippen LogP contribution is -2.04. The van der Waals surface area contributed by atoms with E-state index in [0.717, 1.165) is 28.5 Å². The van der Waals surface area contributed by atoms with Crippen molar-refractivity contribution in [3.05, 3.63) is 64.9 Å². The van der Waals surface area contributed by atoms with Crippen LogP contribution in [0.4, 0.5) is 13.2 Å². The zero-order chi connectivity index (χ0) is 15.9. The first kappa shape index (κ1) is 14.9. The monoisotopic (exact) mass is 321 g/mol. The van der Waals surface area contributed by atoms with Crippen LogP contribution in [0.15, 0.2) is 48.5 Å². The molecule has 2 aromatic carbocycles. The van der Waals surface area contributed by atoms with Crippen molar-refractivity contribution >= 4 is 22.4 Å². The maximum Gasteiger partial charge on any atom is 0.416 e. The third kappa shape index (κ3) is 2.55. The molecule has 0 radical (unpaired) electrons. The summed E-state index contributed by atoms with van der Waals surface area (Å²) in [6, 6.07) is 12.5. The zero-order valence-electron chi connectivity index (χ0n) is 11.6. The van der Waals surface area contributed by atoms with Crippen LogP contribution in [0, 0.1) is 6.92 Å². The summed E-state index contributed by atoms with van der Waals surface area (Å²) in [5.41, 5.74) is 1.50. The molecule has 0 fully saturated rings. The number of halogens is 4. The molecule has 3 rings (SSSR count). The van der Waals surface area contributed by atoms with Gasteiger partial charge in [0.1, 0.15) is 5.15 Å². The number of fused-ring (bicyclic) bond motifs is 1. The summed E-state index contributed by atoms with van der Waals surface area (Å²) >= 11 is 6.15. The van der Waals surface area contributed by atoms with E-state index >= 15 is 0 Å². The Kier molecular flexibility index (Phi) is 3.57. The molecule has 0 spiro atoms. The molecule has 3 aromatic rings. The Labute approximate surface area is 130 Å². The highest BCUT2D eigenvalue weighted by Crippen LogP contribution is 2.36. The fourth-order valence-electron chi connectivity index (χ4n) is 2.53. The molecule has 1 nitrogen and oxygen atoms in total. The standard InChI is InChI=1S/C17H11ClF3N/c1-10-15(11-6-8-12(9-7-11)17(19,20)21)13-4-2-3-5-14(13)16(18)22-10/h2-9H,1H3. The molecule has 112 valence electrons. The maximum atomic E-state index is 12.7. The molecule has 0 saturated heterocycles. The van der Waals surface area contributed by atoms with Gasteiger partial charge in [0, 0.05) is 16.6 Å². The molecule has 5 heteroatoms. The van der Waals surface area contributed by atoms with Crippen LogP contribution in [0.5, 0.6) is 0 Å². The van der Waals surface area contributed by atoms with Crippen LogP contribution in [0.1, 0.15) is 11.3 Å². The van der Waals surface area contributed by atoms with Crippen molar-refractivity contribution in [3.8, 4) is 11.1 Å². The number of hydrogen-bond acceptors (Lipinski definition) is 1. The molecule has 22 heavy (non-hydrogen) atoms. The average Bonchev–Trinajstić information content (AvgIpc) is 2.47. The van der Waals surface area contributed by atoms with E-state index in [-0.39, 0.29) is 0 Å². The minimum absolute atomic E-state index is 0.392. The summed E-state index contributed by atoms with van der Waals surface area (Å²) < 4.78 is 38.0. The van der Waals surface area contributed by atoms with Gasteiger partial charge in [0.25, 0.3) is 0 Å². The molecule has 0 bridgehead atoms. The normalized spacial score (nSPS) is 11.9. The molecular formula is C17H11ClF3N. The molecular weight excluding hydrogens is 311 g/mol. The summed E-state index contributed by atoms with van der Waals surface area (Å²) in [6.07, 6.45) is -4.34. The van der Waals surface area contributed by atoms with Gasteiger partial charge in [-0.2, -0.15) is 13.2 Å². The smallest absolute Gasteiger partial charge is 0.240 e. The molecule has 0 aliphatic carbocycles. The molecule has 0 N–H and O–H groups in total. The zero-order valence-corrected chi connectivity index (χ0v) is 12.3. The lowest BCUT2D eigenvalue weighted by atomic mass is 9.97. The molecule has 0 atom stereocenters. The molecule has 0 unspecified atom stereocenters. The molecule has 0 aliphatic rings. The van der Waals surface area contributed by atoms with E-state index < -0.39 is 11.7 Å². The topological polar surface area (TPSA) is 12.9 Å². The van der Waals surface area contributed by atoms with E-state index in [1.807, 2.05) is 24.3 Å². The minimum atomic E-state index is -4.34. The Hall–Kier alpha value is -2.07. The van der Waals surface area contributed by atoms with E-state index in [4.69, 9.17) is 11.6 Å². The van der Waals surface area contributed by atoms with Crippen LogP contribution in [0.25, 0.3) is 21.9 Å². The lowest BCUT2D eigenvalue weighted by molar-refractivity contribution is -0.137. The van der Waals surface area contributed by atoms with E-state index in [0.29, 0.717) is 16.4 Å². The number of benzene rings is 2. The second kappa shape index (κ2) is 5.29. The van der Waals surface area contributed by atoms with E-state index in [1.54, 1.807) is 6.92 Å². The van der Waals surface area contributed by atoms with Gasteiger partial charge in [0.15, 0.2) is 0 Å². The number of pyridine rings is 1. The number of aryl methyl sites for hydroxylation is 1. The van der Waals surface area contributed by atoms with Gasteiger partial charge in [-0.05, 0) is 30.0 Å². The van der Waals surface area contributed by atoms with Gasteiger partial charge in [-0.1, -0.05) is 48.0 Å². The van der Waals surface area contributed by atoms with Crippen molar-refractivity contribution in [2.24, 2.45) is 0 Å². The summed E-state index contributed by atoms with van der Waals surface area (Å²) in [6.45, 7) is 1.80. The predicted octanol–water partition coefficient (Wildman–Crippen LogP) is 5.88. The highest BCUT2D eigenvalue weighted by Gasteiger charge is 2.30. The summed E-state index contributed by atoms with van der Waals surface area (Å²) in [5.74, 6) is 0. The highest BCUT2D eigenvalue weighted by molar-refractivity contribution is 6.34. The van der Waals surface area contributed by atoms with Gasteiger partial charge in [0.05, 0.1) is 5.56 Å². The van der Waals surface area contributed by atoms with Crippen LogP contribution in [0.3, 0.4) is 0 Å². The maximum absolute atomic E-state index is 12.7. The van der Waals surface area contributed by atoms with Crippen molar-refractivity contribution in [3.63, 3.8) is 0 Å². The minimum Gasteiger partial charge on any atom is -0.240 e. The highest BCUT2D eigenvalue weighted by atomic mass is 35.5. The van der Waals surface area contributed by atoms with Crippen molar-refractivity contribution in [2.45, 2.75) is 13.1 Å². The van der Waals surface area contributed by atoms with E-state index in [1.165, 1.54) is 12.1 Å². The van der Waals surface area contributed by atoms with E-state index in [2.05, 4.69) is 4.98 Å². The fraction of sp³-hybridized carbons (Fsp3) is 0.118. The molecule has 0 saturated carbocycles. The Balaban J connectivity index is 2.22. The second-order valence-corrected chi connectivity index (χ2v) is 5.34. The third-order valence-electron chi connectivity index (χ3n) is 3.55. The van der Waals surface area contributed by atoms with Crippen molar-refractivity contribution in [1.29, 1.82) is 0 Å². The van der Waals surface area contributed by atoms with Crippen LogP contribution < -0.4 is 0 Å². The summed E-state index contributed by atoms with van der Waals surface area (Å²) in [5, 5.41) is 2.05. The number of nitrogens with zero attached hydrogens (tertiary/aromatic N) is 1. The van der Waals surface area contributed by atoms with Gasteiger partial charge in [-0.3, -0.25) is 0 Å². The third-order valence-corrected chi connectivity index (χ3v) is 3.84. The predicted molar refractivity (Wildman–Crippen MR) is 81.9 cm³/mol.